The summed E-state index contributed by atoms with van der Waals surface area (Å²) in [4.78, 5) is 2.83. The van der Waals surface area contributed by atoms with Crippen LogP contribution in [0, 0.1) is 34.5 Å². The minimum Gasteiger partial charge on any atom is -0.381 e. The SMILES string of the molecule is CC.CC(C)C1CCC2(CCNCC2)CC1.CC(C)OC1CCCCC1.COC1CCC(N2CCC3(CCC(C(C)C)CC3)CC2)CC1. The minimum absolute atomic E-state index is 0.420. The van der Waals surface area contributed by atoms with Crippen molar-refractivity contribution in [2.75, 3.05) is 33.3 Å². The summed E-state index contributed by atoms with van der Waals surface area (Å²) in [7, 11) is 1.88. The quantitative estimate of drug-likeness (QED) is 0.304. The third-order valence-corrected chi connectivity index (χ3v) is 14.1. The zero-order valence-electron chi connectivity index (χ0n) is 34.1. The smallest absolute Gasteiger partial charge is 0.0578 e. The molecule has 0 aromatic heterocycles. The van der Waals surface area contributed by atoms with E-state index in [4.69, 9.17) is 9.47 Å². The fourth-order valence-corrected chi connectivity index (χ4v) is 10.4. The fourth-order valence-electron chi connectivity index (χ4n) is 10.4. The summed E-state index contributed by atoms with van der Waals surface area (Å²) in [6.45, 7) is 23.1. The van der Waals surface area contributed by atoms with E-state index in [0.717, 1.165) is 40.5 Å². The molecule has 4 nitrogen and oxygen atoms in total. The van der Waals surface area contributed by atoms with E-state index in [9.17, 15) is 0 Å². The van der Waals surface area contributed by atoms with Crippen LogP contribution >= 0.6 is 0 Å². The number of likely N-dealkylation sites (tertiary alicyclic amines) is 1. The van der Waals surface area contributed by atoms with E-state index in [1.165, 1.54) is 161 Å². The van der Waals surface area contributed by atoms with Crippen LogP contribution in [0.3, 0.4) is 0 Å². The van der Waals surface area contributed by atoms with Gasteiger partial charge in [-0.2, -0.15) is 0 Å². The molecular formula is C44H86N2O2. The lowest BCUT2D eigenvalue weighted by Gasteiger charge is -2.49. The first kappa shape index (κ1) is 42.3. The van der Waals surface area contributed by atoms with E-state index in [2.05, 4.69) is 51.8 Å². The van der Waals surface area contributed by atoms with Gasteiger partial charge in [-0.1, -0.05) is 60.8 Å². The van der Waals surface area contributed by atoms with Gasteiger partial charge in [0.05, 0.1) is 18.3 Å². The van der Waals surface area contributed by atoms with Crippen molar-refractivity contribution < 1.29 is 9.47 Å². The molecule has 6 rings (SSSR count). The van der Waals surface area contributed by atoms with Crippen molar-refractivity contribution in [3.8, 4) is 0 Å². The Hall–Kier alpha value is -0.160. The highest BCUT2D eigenvalue weighted by molar-refractivity contribution is 4.93. The lowest BCUT2D eigenvalue weighted by atomic mass is 9.63. The van der Waals surface area contributed by atoms with E-state index in [1.807, 2.05) is 21.0 Å². The highest BCUT2D eigenvalue weighted by atomic mass is 16.5. The molecule has 1 N–H and O–H groups in total. The van der Waals surface area contributed by atoms with Crippen molar-refractivity contribution in [2.45, 2.75) is 215 Å². The summed E-state index contributed by atoms with van der Waals surface area (Å²) in [5, 5.41) is 3.49. The second-order valence-corrected chi connectivity index (χ2v) is 18.1. The molecule has 48 heavy (non-hydrogen) atoms. The summed E-state index contributed by atoms with van der Waals surface area (Å²) < 4.78 is 11.2. The van der Waals surface area contributed by atoms with Crippen LogP contribution in [0.15, 0.2) is 0 Å². The highest BCUT2D eigenvalue weighted by Gasteiger charge is 2.40. The summed E-state index contributed by atoms with van der Waals surface area (Å²) in [6, 6.07) is 0.857. The zero-order valence-corrected chi connectivity index (χ0v) is 34.1. The molecule has 2 spiro atoms. The van der Waals surface area contributed by atoms with Crippen LogP contribution in [0.4, 0.5) is 0 Å². The summed E-state index contributed by atoms with van der Waals surface area (Å²) >= 11 is 0. The van der Waals surface area contributed by atoms with Gasteiger partial charge in [-0.25, -0.2) is 0 Å². The molecular weight excluding hydrogens is 588 g/mol. The number of hydrogen-bond acceptors (Lipinski definition) is 4. The van der Waals surface area contributed by atoms with Crippen LogP contribution < -0.4 is 5.32 Å². The number of hydrogen-bond donors (Lipinski definition) is 1. The van der Waals surface area contributed by atoms with Crippen LogP contribution in [-0.2, 0) is 9.47 Å². The molecule has 6 aliphatic rings. The standard InChI is InChI=1S/C20H37NO.C13H25N.C9H18O.C2H6/c1-16(2)17-8-10-20(11-9-17)12-14-21(15-13-20)18-4-6-19(22-3)7-5-18;1-11(2)12-3-5-13(6-4-12)7-9-14-10-8-13;1-8(2)10-9-6-4-3-5-7-9;1-2/h16-19H,4-15H2,1-3H3;11-12,14H,3-10H2,1-2H3;8-9H,3-7H2,1-2H3;1-2H3. The molecule has 4 saturated carbocycles. The molecule has 284 valence electrons. The van der Waals surface area contributed by atoms with Crippen LogP contribution in [0.2, 0.25) is 0 Å². The maximum absolute atomic E-state index is 5.69. The van der Waals surface area contributed by atoms with Gasteiger partial charge in [-0.3, -0.25) is 0 Å². The Bertz CT molecular complexity index is 779. The number of nitrogens with one attached hydrogen (secondary N) is 1. The number of piperidine rings is 2. The normalized spacial score (nSPS) is 28.8. The second kappa shape index (κ2) is 22.0. The van der Waals surface area contributed by atoms with Crippen molar-refractivity contribution in [1.29, 1.82) is 0 Å². The van der Waals surface area contributed by atoms with Gasteiger partial charge in [0.15, 0.2) is 0 Å². The molecule has 4 heteroatoms. The van der Waals surface area contributed by atoms with Crippen LogP contribution in [-0.4, -0.2) is 62.5 Å². The van der Waals surface area contributed by atoms with Crippen LogP contribution in [0.1, 0.15) is 190 Å². The molecule has 6 fully saturated rings. The van der Waals surface area contributed by atoms with Gasteiger partial charge < -0.3 is 19.7 Å². The third-order valence-electron chi connectivity index (χ3n) is 14.1. The summed E-state index contributed by atoms with van der Waals surface area (Å²) in [5.74, 6) is 3.84. The Morgan fingerprint density at radius 3 is 1.42 bits per heavy atom. The van der Waals surface area contributed by atoms with Gasteiger partial charge in [-0.05, 0) is 190 Å². The number of nitrogens with zero attached hydrogens (tertiary/aromatic N) is 1. The predicted molar refractivity (Wildman–Crippen MR) is 209 cm³/mol. The predicted octanol–water partition coefficient (Wildman–Crippen LogP) is 11.8. The first-order valence-corrected chi connectivity index (χ1v) is 21.8. The van der Waals surface area contributed by atoms with Crippen molar-refractivity contribution in [2.24, 2.45) is 34.5 Å². The maximum Gasteiger partial charge on any atom is 0.0578 e. The first-order valence-electron chi connectivity index (χ1n) is 21.8. The average molecular weight is 675 g/mol. The zero-order chi connectivity index (χ0) is 35.0. The van der Waals surface area contributed by atoms with E-state index in [-0.39, 0.29) is 0 Å². The number of ether oxygens (including phenoxy) is 2. The molecule has 0 aromatic carbocycles. The Morgan fingerprint density at radius 1 is 0.542 bits per heavy atom. The van der Waals surface area contributed by atoms with Crippen molar-refractivity contribution >= 4 is 0 Å². The van der Waals surface area contributed by atoms with Gasteiger partial charge in [0.1, 0.15) is 0 Å². The summed E-state index contributed by atoms with van der Waals surface area (Å²) in [5.41, 5.74) is 1.49. The van der Waals surface area contributed by atoms with E-state index in [1.54, 1.807) is 0 Å². The average Bonchev–Trinajstić information content (AvgIpc) is 3.11. The van der Waals surface area contributed by atoms with E-state index >= 15 is 0 Å². The third kappa shape index (κ3) is 13.8. The summed E-state index contributed by atoms with van der Waals surface area (Å²) in [6.07, 6.45) is 31.4. The van der Waals surface area contributed by atoms with Crippen molar-refractivity contribution in [1.82, 2.24) is 10.2 Å². The van der Waals surface area contributed by atoms with Crippen molar-refractivity contribution in [3.63, 3.8) is 0 Å². The van der Waals surface area contributed by atoms with E-state index in [0.29, 0.717) is 18.3 Å². The Labute approximate surface area is 301 Å². The highest BCUT2D eigenvalue weighted by Crippen LogP contribution is 2.49. The van der Waals surface area contributed by atoms with Gasteiger partial charge in [0.25, 0.3) is 0 Å². The molecule has 2 heterocycles. The Kier molecular flexibility index (Phi) is 19.4. The minimum atomic E-state index is 0.420. The lowest BCUT2D eigenvalue weighted by molar-refractivity contribution is -0.0117. The Balaban J connectivity index is 0.000000206. The number of methoxy groups -OCH3 is 1. The van der Waals surface area contributed by atoms with Crippen LogP contribution in [0.25, 0.3) is 0 Å². The molecule has 0 bridgehead atoms. The molecule has 4 aliphatic carbocycles. The number of rotatable bonds is 6. The van der Waals surface area contributed by atoms with Gasteiger partial charge in [-0.15, -0.1) is 0 Å². The molecule has 2 saturated heterocycles. The Morgan fingerprint density at radius 2 is 1.00 bits per heavy atom. The first-order chi connectivity index (χ1) is 23.1. The monoisotopic (exact) mass is 675 g/mol. The van der Waals surface area contributed by atoms with Crippen LogP contribution in [0.5, 0.6) is 0 Å². The van der Waals surface area contributed by atoms with E-state index < -0.39 is 0 Å². The van der Waals surface area contributed by atoms with Gasteiger partial charge >= 0.3 is 0 Å². The molecule has 0 atom stereocenters. The maximum atomic E-state index is 5.69. The molecule has 0 amide bonds. The van der Waals surface area contributed by atoms with Gasteiger partial charge in [0.2, 0.25) is 0 Å². The topological polar surface area (TPSA) is 33.7 Å². The molecule has 2 aliphatic heterocycles. The lowest BCUT2D eigenvalue weighted by Crippen LogP contribution is -2.47. The largest absolute Gasteiger partial charge is 0.381 e. The molecule has 0 radical (unpaired) electrons. The molecule has 0 aromatic rings. The molecule has 0 unspecified atom stereocenters. The second-order valence-electron chi connectivity index (χ2n) is 18.1. The fraction of sp³-hybridized carbons (Fsp3) is 1.00. The van der Waals surface area contributed by atoms with Gasteiger partial charge in [0, 0.05) is 13.2 Å². The van der Waals surface area contributed by atoms with Crippen molar-refractivity contribution in [3.05, 3.63) is 0 Å².